The molecule has 1 rings (SSSR count). The molecule has 0 spiro atoms. The summed E-state index contributed by atoms with van der Waals surface area (Å²) in [5.41, 5.74) is 3.16. The SMILES string of the molecule is CCCOC(=O)Nc1ccc(N(CC)CC)cc1CC. The second kappa shape index (κ2) is 8.46. The molecule has 0 aromatic heterocycles. The van der Waals surface area contributed by atoms with Crippen LogP contribution in [0.4, 0.5) is 16.2 Å². The largest absolute Gasteiger partial charge is 0.449 e. The van der Waals surface area contributed by atoms with E-state index in [0.717, 1.165) is 37.2 Å². The van der Waals surface area contributed by atoms with Gasteiger partial charge < -0.3 is 9.64 Å². The van der Waals surface area contributed by atoms with Gasteiger partial charge in [-0.2, -0.15) is 0 Å². The number of rotatable bonds is 7. The van der Waals surface area contributed by atoms with Gasteiger partial charge in [-0.15, -0.1) is 0 Å². The number of nitrogens with one attached hydrogen (secondary N) is 1. The number of amides is 1. The zero-order chi connectivity index (χ0) is 15.0. The van der Waals surface area contributed by atoms with Crippen molar-refractivity contribution < 1.29 is 9.53 Å². The number of nitrogens with zero attached hydrogens (tertiary/aromatic N) is 1. The Hall–Kier alpha value is -1.71. The number of carbonyl (C=O) groups excluding carboxylic acids is 1. The van der Waals surface area contributed by atoms with E-state index in [1.807, 2.05) is 19.1 Å². The lowest BCUT2D eigenvalue weighted by Gasteiger charge is -2.22. The van der Waals surface area contributed by atoms with Crippen molar-refractivity contribution in [3.63, 3.8) is 0 Å². The lowest BCUT2D eigenvalue weighted by Crippen LogP contribution is -2.22. The fourth-order valence-electron chi connectivity index (χ4n) is 2.12. The van der Waals surface area contributed by atoms with Crippen molar-refractivity contribution in [2.24, 2.45) is 0 Å². The summed E-state index contributed by atoms with van der Waals surface area (Å²) in [6, 6.07) is 6.14. The van der Waals surface area contributed by atoms with Gasteiger partial charge in [-0.25, -0.2) is 4.79 Å². The Morgan fingerprint density at radius 3 is 2.45 bits per heavy atom. The van der Waals surface area contributed by atoms with Crippen molar-refractivity contribution >= 4 is 17.5 Å². The lowest BCUT2D eigenvalue weighted by molar-refractivity contribution is 0.161. The molecular formula is C16H26N2O2. The van der Waals surface area contributed by atoms with E-state index >= 15 is 0 Å². The Morgan fingerprint density at radius 1 is 1.20 bits per heavy atom. The number of aryl methyl sites for hydroxylation is 1. The van der Waals surface area contributed by atoms with Gasteiger partial charge in [0.05, 0.1) is 6.61 Å². The molecule has 0 fully saturated rings. The van der Waals surface area contributed by atoms with Gasteiger partial charge in [-0.3, -0.25) is 5.32 Å². The van der Waals surface area contributed by atoms with E-state index in [1.54, 1.807) is 0 Å². The Bertz CT molecular complexity index is 428. The summed E-state index contributed by atoms with van der Waals surface area (Å²) < 4.78 is 5.05. The van der Waals surface area contributed by atoms with Crippen molar-refractivity contribution in [1.29, 1.82) is 0 Å². The molecule has 4 nitrogen and oxygen atoms in total. The molecule has 4 heteroatoms. The molecule has 112 valence electrons. The van der Waals surface area contributed by atoms with Gasteiger partial charge in [-0.1, -0.05) is 13.8 Å². The fraction of sp³-hybridized carbons (Fsp3) is 0.562. The summed E-state index contributed by atoms with van der Waals surface area (Å²) in [6.07, 6.45) is 1.32. The highest BCUT2D eigenvalue weighted by atomic mass is 16.5. The molecule has 0 saturated heterocycles. The van der Waals surface area contributed by atoms with E-state index in [9.17, 15) is 4.79 Å². The van der Waals surface area contributed by atoms with Crippen LogP contribution in [0.15, 0.2) is 18.2 Å². The molecule has 1 aromatic carbocycles. The summed E-state index contributed by atoms with van der Waals surface area (Å²) >= 11 is 0. The van der Waals surface area contributed by atoms with Gasteiger partial charge >= 0.3 is 6.09 Å². The number of carbonyl (C=O) groups is 1. The van der Waals surface area contributed by atoms with E-state index < -0.39 is 0 Å². The number of ether oxygens (including phenoxy) is 1. The minimum Gasteiger partial charge on any atom is -0.449 e. The fourth-order valence-corrected chi connectivity index (χ4v) is 2.12. The quantitative estimate of drug-likeness (QED) is 0.818. The first-order valence-electron chi connectivity index (χ1n) is 7.47. The highest BCUT2D eigenvalue weighted by Gasteiger charge is 2.09. The van der Waals surface area contributed by atoms with Crippen LogP contribution in [0.5, 0.6) is 0 Å². The molecule has 0 aliphatic rings. The van der Waals surface area contributed by atoms with Crippen LogP contribution in [0.25, 0.3) is 0 Å². The third kappa shape index (κ3) is 4.44. The average Bonchev–Trinajstić information content (AvgIpc) is 2.47. The van der Waals surface area contributed by atoms with E-state index in [1.165, 1.54) is 5.69 Å². The Labute approximate surface area is 122 Å². The van der Waals surface area contributed by atoms with Gasteiger partial charge in [0.1, 0.15) is 0 Å². The van der Waals surface area contributed by atoms with Crippen molar-refractivity contribution in [2.45, 2.75) is 40.5 Å². The van der Waals surface area contributed by atoms with Crippen molar-refractivity contribution in [3.8, 4) is 0 Å². The van der Waals surface area contributed by atoms with Crippen molar-refractivity contribution in [2.75, 3.05) is 29.9 Å². The topological polar surface area (TPSA) is 41.6 Å². The zero-order valence-corrected chi connectivity index (χ0v) is 13.0. The van der Waals surface area contributed by atoms with E-state index in [2.05, 4.69) is 37.1 Å². The smallest absolute Gasteiger partial charge is 0.411 e. The van der Waals surface area contributed by atoms with Gasteiger partial charge in [0.2, 0.25) is 0 Å². The first-order chi connectivity index (χ1) is 9.65. The van der Waals surface area contributed by atoms with Crippen LogP contribution in [-0.2, 0) is 11.2 Å². The lowest BCUT2D eigenvalue weighted by atomic mass is 10.1. The maximum Gasteiger partial charge on any atom is 0.411 e. The maximum atomic E-state index is 11.6. The molecule has 0 atom stereocenters. The van der Waals surface area contributed by atoms with Crippen molar-refractivity contribution in [1.82, 2.24) is 0 Å². The van der Waals surface area contributed by atoms with E-state index in [0.29, 0.717) is 6.61 Å². The Balaban J connectivity index is 2.85. The Kier molecular flexibility index (Phi) is 6.91. The zero-order valence-electron chi connectivity index (χ0n) is 13.0. The first kappa shape index (κ1) is 16.3. The molecule has 1 N–H and O–H groups in total. The standard InChI is InChI=1S/C16H26N2O2/c1-5-11-20-16(19)17-15-10-9-14(12-13(15)6-2)18(7-3)8-4/h9-10,12H,5-8,11H2,1-4H3,(H,17,19). The number of hydrogen-bond acceptors (Lipinski definition) is 3. The number of hydrogen-bond donors (Lipinski definition) is 1. The molecule has 0 saturated carbocycles. The molecule has 0 radical (unpaired) electrons. The van der Waals surface area contributed by atoms with Gasteiger partial charge in [0, 0.05) is 24.5 Å². The highest BCUT2D eigenvalue weighted by molar-refractivity contribution is 5.86. The van der Waals surface area contributed by atoms with Crippen LogP contribution in [0, 0.1) is 0 Å². The first-order valence-corrected chi connectivity index (χ1v) is 7.47. The average molecular weight is 278 g/mol. The second-order valence-electron chi connectivity index (χ2n) is 4.63. The predicted octanol–water partition coefficient (Wildman–Crippen LogP) is 4.05. The Morgan fingerprint density at radius 2 is 1.90 bits per heavy atom. The molecule has 0 heterocycles. The maximum absolute atomic E-state index is 11.6. The summed E-state index contributed by atoms with van der Waals surface area (Å²) in [4.78, 5) is 13.9. The molecule has 0 unspecified atom stereocenters. The monoisotopic (exact) mass is 278 g/mol. The molecule has 0 aliphatic carbocycles. The summed E-state index contributed by atoms with van der Waals surface area (Å²) in [6.45, 7) is 10.8. The van der Waals surface area contributed by atoms with Crippen LogP contribution in [0.2, 0.25) is 0 Å². The van der Waals surface area contributed by atoms with Gasteiger partial charge in [0.25, 0.3) is 0 Å². The highest BCUT2D eigenvalue weighted by Crippen LogP contribution is 2.24. The molecule has 20 heavy (non-hydrogen) atoms. The van der Waals surface area contributed by atoms with E-state index in [-0.39, 0.29) is 6.09 Å². The minimum atomic E-state index is -0.378. The third-order valence-corrected chi connectivity index (χ3v) is 3.27. The second-order valence-corrected chi connectivity index (χ2v) is 4.63. The van der Waals surface area contributed by atoms with Crippen LogP contribution in [-0.4, -0.2) is 25.8 Å². The van der Waals surface area contributed by atoms with Crippen LogP contribution in [0.1, 0.15) is 39.7 Å². The normalized spacial score (nSPS) is 10.2. The van der Waals surface area contributed by atoms with Crippen LogP contribution >= 0.6 is 0 Å². The summed E-state index contributed by atoms with van der Waals surface area (Å²) in [5.74, 6) is 0. The van der Waals surface area contributed by atoms with Crippen LogP contribution < -0.4 is 10.2 Å². The molecule has 1 amide bonds. The molecular weight excluding hydrogens is 252 g/mol. The van der Waals surface area contributed by atoms with Gasteiger partial charge in [-0.05, 0) is 50.5 Å². The predicted molar refractivity (Wildman–Crippen MR) is 84.6 cm³/mol. The van der Waals surface area contributed by atoms with Crippen LogP contribution in [0.3, 0.4) is 0 Å². The third-order valence-electron chi connectivity index (χ3n) is 3.27. The summed E-state index contributed by atoms with van der Waals surface area (Å²) in [7, 11) is 0. The van der Waals surface area contributed by atoms with E-state index in [4.69, 9.17) is 4.74 Å². The number of benzene rings is 1. The molecule has 1 aromatic rings. The number of anilines is 2. The summed E-state index contributed by atoms with van der Waals surface area (Å²) in [5, 5.41) is 2.82. The molecule has 0 aliphatic heterocycles. The minimum absolute atomic E-state index is 0.378. The van der Waals surface area contributed by atoms with Gasteiger partial charge in [0.15, 0.2) is 0 Å². The molecule has 0 bridgehead atoms. The van der Waals surface area contributed by atoms with Crippen molar-refractivity contribution in [3.05, 3.63) is 23.8 Å².